The van der Waals surface area contributed by atoms with Gasteiger partial charge in [-0.25, -0.2) is 4.98 Å². The fraction of sp³-hybridized carbons (Fsp3) is 0.167. The Morgan fingerprint density at radius 2 is 2.24 bits per heavy atom. The van der Waals surface area contributed by atoms with E-state index < -0.39 is 6.04 Å². The molecule has 17 heavy (non-hydrogen) atoms. The van der Waals surface area contributed by atoms with Crippen molar-refractivity contribution in [1.82, 2.24) is 9.55 Å². The largest absolute Gasteiger partial charge is 0.323 e. The predicted octanol–water partition coefficient (Wildman–Crippen LogP) is 1.16. The van der Waals surface area contributed by atoms with Crippen LogP contribution < -0.4 is 11.1 Å². The van der Waals surface area contributed by atoms with Crippen LogP contribution in [0.4, 0.5) is 5.69 Å². The zero-order valence-electron chi connectivity index (χ0n) is 9.50. The normalized spacial score (nSPS) is 12.1. The number of nitrogens with zero attached hydrogens (tertiary/aromatic N) is 2. The van der Waals surface area contributed by atoms with E-state index in [1.807, 2.05) is 35.0 Å². The second-order valence-electron chi connectivity index (χ2n) is 3.77. The van der Waals surface area contributed by atoms with Gasteiger partial charge >= 0.3 is 0 Å². The molecule has 1 atom stereocenters. The van der Waals surface area contributed by atoms with Gasteiger partial charge in [-0.15, -0.1) is 0 Å². The molecule has 1 aromatic carbocycles. The maximum absolute atomic E-state index is 11.6. The van der Waals surface area contributed by atoms with Crippen LogP contribution in [0.3, 0.4) is 0 Å². The van der Waals surface area contributed by atoms with Crippen LogP contribution in [-0.2, 0) is 4.79 Å². The average molecular weight is 230 g/mol. The minimum atomic E-state index is -0.536. The van der Waals surface area contributed by atoms with Crippen LogP contribution in [0.25, 0.3) is 5.69 Å². The van der Waals surface area contributed by atoms with Gasteiger partial charge in [0.2, 0.25) is 5.91 Å². The van der Waals surface area contributed by atoms with E-state index in [-0.39, 0.29) is 5.91 Å². The van der Waals surface area contributed by atoms with Crippen LogP contribution in [0.15, 0.2) is 43.0 Å². The number of amides is 1. The number of para-hydroxylation sites is 2. The summed E-state index contributed by atoms with van der Waals surface area (Å²) in [6.45, 7) is 1.65. The Hall–Kier alpha value is -2.14. The van der Waals surface area contributed by atoms with Crippen LogP contribution >= 0.6 is 0 Å². The van der Waals surface area contributed by atoms with Crippen molar-refractivity contribution in [3.05, 3.63) is 43.0 Å². The van der Waals surface area contributed by atoms with E-state index in [2.05, 4.69) is 10.3 Å². The smallest absolute Gasteiger partial charge is 0.241 e. The molecule has 1 amide bonds. The fourth-order valence-electron chi connectivity index (χ4n) is 1.45. The highest BCUT2D eigenvalue weighted by Gasteiger charge is 2.10. The second kappa shape index (κ2) is 4.80. The van der Waals surface area contributed by atoms with Gasteiger partial charge in [0.05, 0.1) is 23.7 Å². The zero-order chi connectivity index (χ0) is 12.3. The molecule has 2 rings (SSSR count). The summed E-state index contributed by atoms with van der Waals surface area (Å²) in [4.78, 5) is 15.6. The lowest BCUT2D eigenvalue weighted by molar-refractivity contribution is -0.117. The molecule has 0 saturated heterocycles. The lowest BCUT2D eigenvalue weighted by Gasteiger charge is -2.12. The maximum Gasteiger partial charge on any atom is 0.241 e. The van der Waals surface area contributed by atoms with Gasteiger partial charge in [0.25, 0.3) is 0 Å². The third kappa shape index (κ3) is 2.51. The van der Waals surface area contributed by atoms with E-state index in [1.165, 1.54) is 0 Å². The number of hydrogen-bond donors (Lipinski definition) is 2. The van der Waals surface area contributed by atoms with Crippen LogP contribution in [0.2, 0.25) is 0 Å². The number of benzene rings is 1. The molecule has 0 aliphatic rings. The minimum absolute atomic E-state index is 0.211. The number of nitrogens with one attached hydrogen (secondary N) is 1. The van der Waals surface area contributed by atoms with Crippen molar-refractivity contribution in [3.8, 4) is 5.69 Å². The first kappa shape index (κ1) is 11.3. The Morgan fingerprint density at radius 3 is 2.88 bits per heavy atom. The Labute approximate surface area is 99.3 Å². The Kier molecular flexibility index (Phi) is 3.20. The van der Waals surface area contributed by atoms with Crippen LogP contribution in [0.5, 0.6) is 0 Å². The first-order valence-corrected chi connectivity index (χ1v) is 5.32. The van der Waals surface area contributed by atoms with Crippen molar-refractivity contribution in [1.29, 1.82) is 0 Å². The first-order chi connectivity index (χ1) is 8.18. The molecule has 0 aliphatic carbocycles. The monoisotopic (exact) mass is 230 g/mol. The number of rotatable bonds is 3. The molecule has 5 heteroatoms. The standard InChI is InChI=1S/C12H14N4O/c1-9(13)12(17)15-10-4-2-3-5-11(10)16-7-6-14-8-16/h2-9H,13H2,1H3,(H,15,17). The van der Waals surface area contributed by atoms with Gasteiger partial charge in [0.15, 0.2) is 0 Å². The van der Waals surface area contributed by atoms with E-state index in [0.29, 0.717) is 5.69 Å². The second-order valence-corrected chi connectivity index (χ2v) is 3.77. The quantitative estimate of drug-likeness (QED) is 0.831. The molecule has 2 aromatic rings. The minimum Gasteiger partial charge on any atom is -0.323 e. The molecule has 88 valence electrons. The Morgan fingerprint density at radius 1 is 1.47 bits per heavy atom. The van der Waals surface area contributed by atoms with Gasteiger partial charge in [-0.05, 0) is 19.1 Å². The number of carbonyl (C=O) groups excluding carboxylic acids is 1. The summed E-state index contributed by atoms with van der Waals surface area (Å²) in [5.74, 6) is -0.211. The summed E-state index contributed by atoms with van der Waals surface area (Å²) < 4.78 is 1.83. The van der Waals surface area contributed by atoms with Crippen molar-refractivity contribution in [2.75, 3.05) is 5.32 Å². The molecule has 0 fully saturated rings. The molecule has 0 spiro atoms. The fourth-order valence-corrected chi connectivity index (χ4v) is 1.45. The topological polar surface area (TPSA) is 72.9 Å². The summed E-state index contributed by atoms with van der Waals surface area (Å²) in [5.41, 5.74) is 7.10. The van der Waals surface area contributed by atoms with Crippen LogP contribution in [-0.4, -0.2) is 21.5 Å². The number of imidazole rings is 1. The van der Waals surface area contributed by atoms with Gasteiger partial charge in [0, 0.05) is 12.4 Å². The molecule has 1 aromatic heterocycles. The third-order valence-electron chi connectivity index (χ3n) is 2.36. The van der Waals surface area contributed by atoms with Crippen molar-refractivity contribution in [2.45, 2.75) is 13.0 Å². The molecular weight excluding hydrogens is 216 g/mol. The number of carbonyl (C=O) groups is 1. The van der Waals surface area contributed by atoms with E-state index >= 15 is 0 Å². The van der Waals surface area contributed by atoms with Gasteiger partial charge in [0.1, 0.15) is 0 Å². The van der Waals surface area contributed by atoms with Crippen LogP contribution in [0.1, 0.15) is 6.92 Å². The van der Waals surface area contributed by atoms with Crippen molar-refractivity contribution in [2.24, 2.45) is 5.73 Å². The van der Waals surface area contributed by atoms with E-state index in [9.17, 15) is 4.79 Å². The number of hydrogen-bond acceptors (Lipinski definition) is 3. The summed E-state index contributed by atoms with van der Waals surface area (Å²) in [5, 5.41) is 2.79. The molecule has 0 saturated carbocycles. The highest BCUT2D eigenvalue weighted by atomic mass is 16.2. The van der Waals surface area contributed by atoms with Gasteiger partial charge in [-0.1, -0.05) is 12.1 Å². The Balaban J connectivity index is 2.32. The molecular formula is C12H14N4O. The Bertz CT molecular complexity index is 505. The third-order valence-corrected chi connectivity index (χ3v) is 2.36. The first-order valence-electron chi connectivity index (χ1n) is 5.32. The molecule has 1 unspecified atom stereocenters. The van der Waals surface area contributed by atoms with Crippen molar-refractivity contribution >= 4 is 11.6 Å². The van der Waals surface area contributed by atoms with Crippen molar-refractivity contribution < 1.29 is 4.79 Å². The van der Waals surface area contributed by atoms with Crippen molar-refractivity contribution in [3.63, 3.8) is 0 Å². The lowest BCUT2D eigenvalue weighted by Crippen LogP contribution is -2.32. The summed E-state index contributed by atoms with van der Waals surface area (Å²) in [6, 6.07) is 6.95. The highest BCUT2D eigenvalue weighted by molar-refractivity contribution is 5.96. The van der Waals surface area contributed by atoms with E-state index in [1.54, 1.807) is 19.4 Å². The maximum atomic E-state index is 11.6. The van der Waals surface area contributed by atoms with Gasteiger partial charge in [-0.2, -0.15) is 0 Å². The summed E-state index contributed by atoms with van der Waals surface area (Å²) in [7, 11) is 0. The molecule has 1 heterocycles. The van der Waals surface area contributed by atoms with Gasteiger partial charge < -0.3 is 15.6 Å². The molecule has 0 aliphatic heterocycles. The molecule has 5 nitrogen and oxygen atoms in total. The zero-order valence-corrected chi connectivity index (χ0v) is 9.50. The molecule has 0 radical (unpaired) electrons. The van der Waals surface area contributed by atoms with E-state index in [0.717, 1.165) is 5.69 Å². The number of aromatic nitrogens is 2. The molecule has 0 bridgehead atoms. The summed E-state index contributed by atoms with van der Waals surface area (Å²) >= 11 is 0. The average Bonchev–Trinajstić information content (AvgIpc) is 2.83. The SMILES string of the molecule is CC(N)C(=O)Nc1ccccc1-n1ccnc1. The number of nitrogens with two attached hydrogens (primary N) is 1. The van der Waals surface area contributed by atoms with Crippen LogP contribution in [0, 0.1) is 0 Å². The highest BCUT2D eigenvalue weighted by Crippen LogP contribution is 2.19. The predicted molar refractivity (Wildman–Crippen MR) is 65.8 cm³/mol. The van der Waals surface area contributed by atoms with Gasteiger partial charge in [-0.3, -0.25) is 4.79 Å². The number of anilines is 1. The lowest BCUT2D eigenvalue weighted by atomic mass is 10.2. The van der Waals surface area contributed by atoms with E-state index in [4.69, 9.17) is 5.73 Å². The molecule has 3 N–H and O–H groups in total. The summed E-state index contributed by atoms with van der Waals surface area (Å²) in [6.07, 6.45) is 5.18.